The number of ether oxygens (including phenoxy) is 2. The van der Waals surface area contributed by atoms with Gasteiger partial charge in [-0.15, -0.1) is 0 Å². The minimum atomic E-state index is -0.587. The number of carbonyl (C=O) groups excluding carboxylic acids is 2. The fraction of sp³-hybridized carbons (Fsp3) is 0.412. The topological polar surface area (TPSA) is 72.8 Å². The zero-order valence-electron chi connectivity index (χ0n) is 12.4. The van der Waals surface area contributed by atoms with Crippen LogP contribution in [0.5, 0.6) is 5.75 Å². The maximum atomic E-state index is 11.9. The van der Waals surface area contributed by atoms with Crippen LogP contribution in [0.25, 0.3) is 0 Å². The lowest BCUT2D eigenvalue weighted by Gasteiger charge is -2.14. The molecule has 1 N–H and O–H groups in total. The van der Waals surface area contributed by atoms with Gasteiger partial charge in [-0.25, -0.2) is 0 Å². The molecule has 0 aromatic heterocycles. The minimum absolute atomic E-state index is 0.0459. The van der Waals surface area contributed by atoms with E-state index in [1.165, 1.54) is 6.08 Å². The Hall–Kier alpha value is -1.85. The van der Waals surface area contributed by atoms with Crippen molar-refractivity contribution >= 4 is 23.4 Å². The molecule has 5 nitrogen and oxygen atoms in total. The predicted octanol–water partition coefficient (Wildman–Crippen LogP) is 2.16. The number of rotatable bonds is 5. The minimum Gasteiger partial charge on any atom is -0.485 e. The molecule has 6 heteroatoms. The van der Waals surface area contributed by atoms with Crippen molar-refractivity contribution in [2.75, 3.05) is 6.61 Å². The van der Waals surface area contributed by atoms with Crippen molar-refractivity contribution < 1.29 is 24.2 Å². The average molecular weight is 337 g/mol. The fourth-order valence-electron chi connectivity index (χ4n) is 3.16. The highest BCUT2D eigenvalue weighted by molar-refractivity contribution is 6.30. The van der Waals surface area contributed by atoms with Gasteiger partial charge in [-0.3, -0.25) is 9.59 Å². The first-order chi connectivity index (χ1) is 11.0. The molecule has 3 rings (SSSR count). The summed E-state index contributed by atoms with van der Waals surface area (Å²) in [4.78, 5) is 23.2. The summed E-state index contributed by atoms with van der Waals surface area (Å²) in [5, 5.41) is 10.6. The molecule has 1 aliphatic heterocycles. The third-order valence-corrected chi connectivity index (χ3v) is 4.49. The Labute approximate surface area is 138 Å². The second-order valence-electron chi connectivity index (χ2n) is 5.85. The van der Waals surface area contributed by atoms with Crippen molar-refractivity contribution in [1.82, 2.24) is 0 Å². The highest BCUT2D eigenvalue weighted by Gasteiger charge is 2.48. The highest BCUT2D eigenvalue weighted by atomic mass is 35.5. The van der Waals surface area contributed by atoms with Crippen LogP contribution in [-0.4, -0.2) is 35.7 Å². The number of esters is 1. The summed E-state index contributed by atoms with van der Waals surface area (Å²) in [6, 6.07) is 6.81. The van der Waals surface area contributed by atoms with Gasteiger partial charge in [0.05, 0.1) is 12.5 Å². The van der Waals surface area contributed by atoms with Gasteiger partial charge in [-0.05, 0) is 24.3 Å². The molecule has 1 aliphatic carbocycles. The van der Waals surface area contributed by atoms with E-state index in [9.17, 15) is 14.7 Å². The molecule has 122 valence electrons. The van der Waals surface area contributed by atoms with E-state index in [1.54, 1.807) is 30.3 Å². The Morgan fingerprint density at radius 2 is 2.30 bits per heavy atom. The van der Waals surface area contributed by atoms with Crippen molar-refractivity contribution in [1.29, 1.82) is 0 Å². The van der Waals surface area contributed by atoms with E-state index in [2.05, 4.69) is 0 Å². The third kappa shape index (κ3) is 3.74. The SMILES string of the molecule is O=C(/C=C/[C@@H]1[C@H]2CC(=O)O[C@H]2C[C@H]1O)COc1cccc(Cl)c1. The van der Waals surface area contributed by atoms with E-state index in [-0.39, 0.29) is 36.3 Å². The maximum absolute atomic E-state index is 11.9. The molecule has 0 unspecified atom stereocenters. The standard InChI is InChI=1S/C17H17ClO5/c18-10-2-1-3-12(6-10)22-9-11(19)4-5-13-14-7-17(21)23-16(14)8-15(13)20/h1-6,13-16,20H,7-9H2/b5-4+/t13-,14-,15-,16+/m1/s1. The highest BCUT2D eigenvalue weighted by Crippen LogP contribution is 2.41. The zero-order chi connectivity index (χ0) is 16.4. The normalized spacial score (nSPS) is 29.6. The molecule has 1 aromatic carbocycles. The second-order valence-corrected chi connectivity index (χ2v) is 6.28. The van der Waals surface area contributed by atoms with E-state index in [0.29, 0.717) is 23.6 Å². The maximum Gasteiger partial charge on any atom is 0.306 e. The Kier molecular flexibility index (Phi) is 4.68. The lowest BCUT2D eigenvalue weighted by Crippen LogP contribution is -2.18. The van der Waals surface area contributed by atoms with Crippen LogP contribution in [0.3, 0.4) is 0 Å². The third-order valence-electron chi connectivity index (χ3n) is 4.26. The molecule has 0 spiro atoms. The first kappa shape index (κ1) is 16.0. The molecule has 2 aliphatic rings. The van der Waals surface area contributed by atoms with Crippen LogP contribution in [-0.2, 0) is 14.3 Å². The van der Waals surface area contributed by atoms with E-state index in [4.69, 9.17) is 21.1 Å². The van der Waals surface area contributed by atoms with Crippen molar-refractivity contribution in [2.24, 2.45) is 11.8 Å². The summed E-state index contributed by atoms with van der Waals surface area (Å²) < 4.78 is 10.5. The molecule has 0 bridgehead atoms. The molecule has 1 aromatic rings. The number of benzene rings is 1. The number of ketones is 1. The number of hydrogen-bond acceptors (Lipinski definition) is 5. The van der Waals surface area contributed by atoms with E-state index < -0.39 is 6.10 Å². The molecule has 1 saturated carbocycles. The molecule has 1 saturated heterocycles. The molecule has 2 fully saturated rings. The molecule has 0 radical (unpaired) electrons. The van der Waals surface area contributed by atoms with Gasteiger partial charge in [-0.2, -0.15) is 0 Å². The fourth-order valence-corrected chi connectivity index (χ4v) is 3.34. The lowest BCUT2D eigenvalue weighted by atomic mass is 9.91. The van der Waals surface area contributed by atoms with Gasteiger partial charge in [0.15, 0.2) is 12.4 Å². The van der Waals surface area contributed by atoms with Crippen LogP contribution < -0.4 is 4.74 Å². The van der Waals surface area contributed by atoms with Gasteiger partial charge in [0.25, 0.3) is 0 Å². The molecule has 1 heterocycles. The monoisotopic (exact) mass is 336 g/mol. The molecule has 4 atom stereocenters. The van der Waals surface area contributed by atoms with Crippen molar-refractivity contribution in [3.63, 3.8) is 0 Å². The predicted molar refractivity (Wildman–Crippen MR) is 83.2 cm³/mol. The molecular formula is C17H17ClO5. The van der Waals surface area contributed by atoms with Gasteiger partial charge in [0.1, 0.15) is 11.9 Å². The smallest absolute Gasteiger partial charge is 0.306 e. The Morgan fingerprint density at radius 3 is 3.09 bits per heavy atom. The molecule has 23 heavy (non-hydrogen) atoms. The van der Waals surface area contributed by atoms with Gasteiger partial charge in [0, 0.05) is 23.3 Å². The Bertz CT molecular complexity index is 642. The Balaban J connectivity index is 1.55. The zero-order valence-corrected chi connectivity index (χ0v) is 13.1. The van der Waals surface area contributed by atoms with E-state index in [0.717, 1.165) is 0 Å². The van der Waals surface area contributed by atoms with Crippen molar-refractivity contribution in [3.05, 3.63) is 41.4 Å². The lowest BCUT2D eigenvalue weighted by molar-refractivity contribution is -0.141. The van der Waals surface area contributed by atoms with Gasteiger partial charge in [0.2, 0.25) is 0 Å². The average Bonchev–Trinajstić information content (AvgIpc) is 2.98. The number of aliphatic hydroxyl groups excluding tert-OH is 1. The first-order valence-corrected chi connectivity index (χ1v) is 7.87. The van der Waals surface area contributed by atoms with Crippen LogP contribution in [0, 0.1) is 11.8 Å². The number of carbonyl (C=O) groups is 2. The number of hydrogen-bond donors (Lipinski definition) is 1. The summed E-state index contributed by atoms with van der Waals surface area (Å²) >= 11 is 5.84. The van der Waals surface area contributed by atoms with Gasteiger partial charge >= 0.3 is 5.97 Å². The molecule has 0 amide bonds. The van der Waals surface area contributed by atoms with Crippen LogP contribution in [0.1, 0.15) is 12.8 Å². The van der Waals surface area contributed by atoms with Crippen molar-refractivity contribution in [3.8, 4) is 5.75 Å². The van der Waals surface area contributed by atoms with Crippen LogP contribution in [0.2, 0.25) is 5.02 Å². The summed E-state index contributed by atoms with van der Waals surface area (Å²) in [6.45, 7) is -0.108. The van der Waals surface area contributed by atoms with E-state index in [1.807, 2.05) is 0 Å². The summed E-state index contributed by atoms with van der Waals surface area (Å²) in [6.07, 6.45) is 2.98. The second kappa shape index (κ2) is 6.72. The molecular weight excluding hydrogens is 320 g/mol. The van der Waals surface area contributed by atoms with E-state index >= 15 is 0 Å². The number of aliphatic hydroxyl groups is 1. The van der Waals surface area contributed by atoms with Gasteiger partial charge < -0.3 is 14.6 Å². The largest absolute Gasteiger partial charge is 0.485 e. The number of halogens is 1. The van der Waals surface area contributed by atoms with Crippen molar-refractivity contribution in [2.45, 2.75) is 25.0 Å². The van der Waals surface area contributed by atoms with Crippen LogP contribution in [0.4, 0.5) is 0 Å². The van der Waals surface area contributed by atoms with Gasteiger partial charge in [-0.1, -0.05) is 23.7 Å². The quantitative estimate of drug-likeness (QED) is 0.659. The summed E-state index contributed by atoms with van der Waals surface area (Å²) in [5.74, 6) is -0.209. The van der Waals surface area contributed by atoms with Crippen LogP contribution >= 0.6 is 11.6 Å². The number of fused-ring (bicyclic) bond motifs is 1. The summed E-state index contributed by atoms with van der Waals surface area (Å²) in [5.41, 5.74) is 0. The first-order valence-electron chi connectivity index (χ1n) is 7.50. The summed E-state index contributed by atoms with van der Waals surface area (Å²) in [7, 11) is 0. The van der Waals surface area contributed by atoms with Crippen LogP contribution in [0.15, 0.2) is 36.4 Å². The Morgan fingerprint density at radius 1 is 1.48 bits per heavy atom.